The number of hydrogen-bond acceptors (Lipinski definition) is 5. The maximum absolute atomic E-state index is 12.5. The molecule has 152 valence electrons. The van der Waals surface area contributed by atoms with Gasteiger partial charge in [0.25, 0.3) is 5.56 Å². The van der Waals surface area contributed by atoms with Crippen LogP contribution in [-0.4, -0.2) is 44.9 Å². The Bertz CT molecular complexity index is 1080. The molecule has 4 rings (SSSR count). The summed E-state index contributed by atoms with van der Waals surface area (Å²) < 4.78 is 0. The van der Waals surface area contributed by atoms with Crippen LogP contribution >= 0.6 is 0 Å². The van der Waals surface area contributed by atoms with Crippen LogP contribution in [-0.2, 0) is 11.2 Å². The Hall–Kier alpha value is -3.74. The van der Waals surface area contributed by atoms with E-state index in [9.17, 15) is 9.59 Å². The maximum atomic E-state index is 12.5. The van der Waals surface area contributed by atoms with Crippen molar-refractivity contribution >= 4 is 11.6 Å². The zero-order valence-electron chi connectivity index (χ0n) is 16.5. The number of allylic oxidation sites excluding steroid dienone is 1. The van der Waals surface area contributed by atoms with Crippen LogP contribution in [0.4, 0.5) is 5.69 Å². The molecule has 0 spiro atoms. The third-order valence-electron chi connectivity index (χ3n) is 5.09. The highest BCUT2D eigenvalue weighted by molar-refractivity contribution is 5.87. The van der Waals surface area contributed by atoms with Gasteiger partial charge in [-0.1, -0.05) is 12.1 Å². The molecular weight excluding hydrogens is 378 g/mol. The van der Waals surface area contributed by atoms with E-state index in [-0.39, 0.29) is 17.5 Å². The van der Waals surface area contributed by atoms with Gasteiger partial charge in [0, 0.05) is 61.6 Å². The lowest BCUT2D eigenvalue weighted by atomic mass is 10.1. The summed E-state index contributed by atoms with van der Waals surface area (Å²) in [6.45, 7) is 1.22. The second kappa shape index (κ2) is 9.17. The Kier molecular flexibility index (Phi) is 5.98. The zero-order chi connectivity index (χ0) is 20.8. The number of rotatable bonds is 6. The highest BCUT2D eigenvalue weighted by atomic mass is 16.2. The van der Waals surface area contributed by atoms with Crippen LogP contribution in [0.1, 0.15) is 12.1 Å². The molecule has 1 saturated heterocycles. The highest BCUT2D eigenvalue weighted by Gasteiger charge is 2.25. The van der Waals surface area contributed by atoms with Crippen molar-refractivity contribution in [2.24, 2.45) is 0 Å². The van der Waals surface area contributed by atoms with Gasteiger partial charge in [0.2, 0.25) is 5.91 Å². The SMILES string of the molecule is O=C(/C=C/Cc1ccccn1)N1CCC(Nc2cc(-c3ccncc3)c[nH]c2=O)C1. The fourth-order valence-electron chi connectivity index (χ4n) is 3.50. The van der Waals surface area contributed by atoms with E-state index in [1.165, 1.54) is 0 Å². The van der Waals surface area contributed by atoms with Crippen molar-refractivity contribution in [1.82, 2.24) is 19.9 Å². The van der Waals surface area contributed by atoms with Crippen molar-refractivity contribution in [2.45, 2.75) is 18.9 Å². The zero-order valence-corrected chi connectivity index (χ0v) is 16.5. The average molecular weight is 401 g/mol. The molecule has 3 aromatic rings. The number of carbonyl (C=O) groups is 1. The number of likely N-dealkylation sites (tertiary alicyclic amines) is 1. The second-order valence-electron chi connectivity index (χ2n) is 7.21. The molecule has 3 aromatic heterocycles. The Balaban J connectivity index is 1.36. The summed E-state index contributed by atoms with van der Waals surface area (Å²) in [4.78, 5) is 37.6. The number of aromatic nitrogens is 3. The Morgan fingerprint density at radius 1 is 1.20 bits per heavy atom. The molecule has 0 saturated carbocycles. The van der Waals surface area contributed by atoms with Gasteiger partial charge in [-0.25, -0.2) is 0 Å². The lowest BCUT2D eigenvalue weighted by molar-refractivity contribution is -0.125. The number of aromatic amines is 1. The summed E-state index contributed by atoms with van der Waals surface area (Å²) in [5.74, 6) is -0.0188. The molecule has 1 unspecified atom stereocenters. The van der Waals surface area contributed by atoms with E-state index in [4.69, 9.17) is 0 Å². The number of H-pyrrole nitrogens is 1. The van der Waals surface area contributed by atoms with Gasteiger partial charge >= 0.3 is 0 Å². The highest BCUT2D eigenvalue weighted by Crippen LogP contribution is 2.20. The fraction of sp³-hybridized carbons (Fsp3) is 0.217. The molecule has 30 heavy (non-hydrogen) atoms. The summed E-state index contributed by atoms with van der Waals surface area (Å²) >= 11 is 0. The Morgan fingerprint density at radius 3 is 2.87 bits per heavy atom. The van der Waals surface area contributed by atoms with Gasteiger partial charge in [-0.2, -0.15) is 0 Å². The molecule has 4 heterocycles. The van der Waals surface area contributed by atoms with Crippen LogP contribution in [0.15, 0.2) is 78.1 Å². The number of amides is 1. The van der Waals surface area contributed by atoms with Gasteiger partial charge < -0.3 is 15.2 Å². The molecule has 1 fully saturated rings. The number of anilines is 1. The standard InChI is InChI=1S/C23H23N5O2/c29-22(6-3-5-19-4-1-2-10-25-19)28-13-9-20(16-28)27-21-14-18(15-26-23(21)30)17-7-11-24-12-8-17/h1-4,6-8,10-12,14-15,20,27H,5,9,13,16H2,(H,26,30)/b6-3+. The van der Waals surface area contributed by atoms with Crippen molar-refractivity contribution in [2.75, 3.05) is 18.4 Å². The van der Waals surface area contributed by atoms with Crippen LogP contribution in [0.3, 0.4) is 0 Å². The fourth-order valence-corrected chi connectivity index (χ4v) is 3.50. The molecule has 0 aromatic carbocycles. The van der Waals surface area contributed by atoms with Crippen molar-refractivity contribution < 1.29 is 4.79 Å². The minimum atomic E-state index is -0.173. The first-order valence-corrected chi connectivity index (χ1v) is 9.94. The minimum absolute atomic E-state index is 0.0188. The summed E-state index contributed by atoms with van der Waals surface area (Å²) in [7, 11) is 0. The molecule has 7 nitrogen and oxygen atoms in total. The molecule has 0 radical (unpaired) electrons. The maximum Gasteiger partial charge on any atom is 0.271 e. The topological polar surface area (TPSA) is 91.0 Å². The summed E-state index contributed by atoms with van der Waals surface area (Å²) in [5.41, 5.74) is 3.14. The predicted octanol–water partition coefficient (Wildman–Crippen LogP) is 2.64. The normalized spacial score (nSPS) is 16.1. The second-order valence-corrected chi connectivity index (χ2v) is 7.21. The molecule has 1 atom stereocenters. The van der Waals surface area contributed by atoms with E-state index in [1.54, 1.807) is 35.8 Å². The predicted molar refractivity (Wildman–Crippen MR) is 116 cm³/mol. The first-order chi connectivity index (χ1) is 14.7. The van der Waals surface area contributed by atoms with Crippen LogP contribution in [0, 0.1) is 0 Å². The van der Waals surface area contributed by atoms with E-state index < -0.39 is 0 Å². The van der Waals surface area contributed by atoms with Gasteiger partial charge in [0.1, 0.15) is 5.69 Å². The summed E-state index contributed by atoms with van der Waals surface area (Å²) in [6.07, 6.45) is 11.7. The lowest BCUT2D eigenvalue weighted by Gasteiger charge is -2.16. The van der Waals surface area contributed by atoms with Crippen molar-refractivity contribution in [3.63, 3.8) is 0 Å². The van der Waals surface area contributed by atoms with Gasteiger partial charge in [0.05, 0.1) is 0 Å². The third-order valence-corrected chi connectivity index (χ3v) is 5.09. The quantitative estimate of drug-likeness (QED) is 0.620. The molecule has 0 bridgehead atoms. The number of nitrogens with one attached hydrogen (secondary N) is 2. The third kappa shape index (κ3) is 4.81. The van der Waals surface area contributed by atoms with E-state index >= 15 is 0 Å². The molecular formula is C23H23N5O2. The van der Waals surface area contributed by atoms with Crippen molar-refractivity contribution in [1.29, 1.82) is 0 Å². The van der Waals surface area contributed by atoms with Gasteiger partial charge in [0.15, 0.2) is 0 Å². The summed E-state index contributed by atoms with van der Waals surface area (Å²) in [5, 5.41) is 3.30. The van der Waals surface area contributed by atoms with E-state index in [0.717, 1.165) is 23.2 Å². The van der Waals surface area contributed by atoms with E-state index in [1.807, 2.05) is 42.5 Å². The largest absolute Gasteiger partial charge is 0.376 e. The minimum Gasteiger partial charge on any atom is -0.376 e. The molecule has 1 aliphatic rings. The monoisotopic (exact) mass is 401 g/mol. The Labute approximate surface area is 174 Å². The molecule has 7 heteroatoms. The molecule has 0 aliphatic carbocycles. The summed E-state index contributed by atoms with van der Waals surface area (Å²) in [6, 6.07) is 11.4. The van der Waals surface area contributed by atoms with Gasteiger partial charge in [-0.15, -0.1) is 0 Å². The van der Waals surface area contributed by atoms with E-state index in [2.05, 4.69) is 20.3 Å². The van der Waals surface area contributed by atoms with Gasteiger partial charge in [-0.05, 0) is 48.4 Å². The van der Waals surface area contributed by atoms with Crippen LogP contribution in [0.2, 0.25) is 0 Å². The first kappa shape index (κ1) is 19.6. The smallest absolute Gasteiger partial charge is 0.271 e. The van der Waals surface area contributed by atoms with Crippen LogP contribution in [0.5, 0.6) is 0 Å². The number of carbonyl (C=O) groups excluding carboxylic acids is 1. The molecule has 1 aliphatic heterocycles. The Morgan fingerprint density at radius 2 is 2.07 bits per heavy atom. The number of pyridine rings is 3. The number of nitrogens with zero attached hydrogens (tertiary/aromatic N) is 3. The van der Waals surface area contributed by atoms with Crippen LogP contribution in [0.25, 0.3) is 11.1 Å². The lowest BCUT2D eigenvalue weighted by Crippen LogP contribution is -2.31. The van der Waals surface area contributed by atoms with Crippen molar-refractivity contribution in [3.8, 4) is 11.1 Å². The van der Waals surface area contributed by atoms with E-state index in [0.29, 0.717) is 25.2 Å². The molecule has 2 N–H and O–H groups in total. The van der Waals surface area contributed by atoms with Gasteiger partial charge in [-0.3, -0.25) is 19.6 Å². The molecule has 1 amide bonds. The first-order valence-electron chi connectivity index (χ1n) is 9.94. The van der Waals surface area contributed by atoms with Crippen molar-refractivity contribution in [3.05, 3.63) is 89.4 Å². The average Bonchev–Trinajstić information content (AvgIpc) is 3.25. The number of hydrogen-bond donors (Lipinski definition) is 2. The van der Waals surface area contributed by atoms with Crippen LogP contribution < -0.4 is 10.9 Å².